The van der Waals surface area contributed by atoms with E-state index in [1.54, 1.807) is 0 Å². The van der Waals surface area contributed by atoms with Crippen LogP contribution in [0.4, 0.5) is 0 Å². The summed E-state index contributed by atoms with van der Waals surface area (Å²) in [4.78, 5) is 35.0. The zero-order valence-electron chi connectivity index (χ0n) is 12.4. The van der Waals surface area contributed by atoms with Crippen molar-refractivity contribution in [3.63, 3.8) is 0 Å². The number of likely N-dealkylation sites (N-methyl/N-ethyl adjacent to an activating group) is 1. The summed E-state index contributed by atoms with van der Waals surface area (Å²) in [5.41, 5.74) is 5.01. The number of hydrogen-bond donors (Lipinski definition) is 2. The second-order valence-corrected chi connectivity index (χ2v) is 5.03. The van der Waals surface area contributed by atoms with Crippen molar-refractivity contribution in [3.05, 3.63) is 0 Å². The molecule has 0 aliphatic heterocycles. The highest BCUT2D eigenvalue weighted by atomic mass is 16.4. The molecule has 0 aromatic rings. The molecule has 3 N–H and O–H groups in total. The number of carboxylic acid groups (broad SMARTS) is 1. The summed E-state index contributed by atoms with van der Waals surface area (Å²) < 4.78 is 0. The Hall–Kier alpha value is -1.59. The monoisotopic (exact) mass is 286 g/mol. The summed E-state index contributed by atoms with van der Waals surface area (Å²) in [6.45, 7) is 2.12. The molecule has 2 amide bonds. The molecule has 1 atom stereocenters. The van der Waals surface area contributed by atoms with Gasteiger partial charge in [0.2, 0.25) is 11.8 Å². The van der Waals surface area contributed by atoms with E-state index < -0.39 is 17.9 Å². The van der Waals surface area contributed by atoms with Crippen LogP contribution in [0, 0.1) is 0 Å². The van der Waals surface area contributed by atoms with Gasteiger partial charge >= 0.3 is 5.97 Å². The predicted molar refractivity (Wildman–Crippen MR) is 76.0 cm³/mol. The van der Waals surface area contributed by atoms with Crippen LogP contribution in [0.25, 0.3) is 0 Å². The highest BCUT2D eigenvalue weighted by Crippen LogP contribution is 2.11. The molecule has 0 unspecified atom stereocenters. The van der Waals surface area contributed by atoms with E-state index in [-0.39, 0.29) is 18.7 Å². The van der Waals surface area contributed by atoms with E-state index in [9.17, 15) is 14.4 Å². The van der Waals surface area contributed by atoms with Crippen molar-refractivity contribution < 1.29 is 19.5 Å². The molecule has 0 rings (SSSR count). The van der Waals surface area contributed by atoms with Crippen LogP contribution in [0.15, 0.2) is 0 Å². The summed E-state index contributed by atoms with van der Waals surface area (Å²) in [7, 11) is 1.47. The number of primary amides is 1. The van der Waals surface area contributed by atoms with E-state index in [0.717, 1.165) is 32.1 Å². The normalized spacial score (nSPS) is 11.9. The fraction of sp³-hybridized carbons (Fsp3) is 0.786. The minimum Gasteiger partial charge on any atom is -0.480 e. The smallest absolute Gasteiger partial charge is 0.326 e. The van der Waals surface area contributed by atoms with Gasteiger partial charge in [0.15, 0.2) is 0 Å². The van der Waals surface area contributed by atoms with Crippen molar-refractivity contribution >= 4 is 17.8 Å². The van der Waals surface area contributed by atoms with Crippen LogP contribution >= 0.6 is 0 Å². The molecule has 0 aromatic heterocycles. The number of carbonyl (C=O) groups is 3. The van der Waals surface area contributed by atoms with Crippen molar-refractivity contribution in [3.8, 4) is 0 Å². The highest BCUT2D eigenvalue weighted by molar-refractivity contribution is 5.84. The Morgan fingerprint density at radius 3 is 2.20 bits per heavy atom. The Morgan fingerprint density at radius 2 is 1.70 bits per heavy atom. The number of carboxylic acids is 1. The first-order chi connectivity index (χ1) is 9.40. The first kappa shape index (κ1) is 18.4. The number of nitrogens with two attached hydrogens (primary N) is 1. The van der Waals surface area contributed by atoms with Gasteiger partial charge in [-0.2, -0.15) is 0 Å². The summed E-state index contributed by atoms with van der Waals surface area (Å²) >= 11 is 0. The maximum absolute atomic E-state index is 11.9. The van der Waals surface area contributed by atoms with Crippen molar-refractivity contribution in [1.82, 2.24) is 4.90 Å². The average Bonchev–Trinajstić information content (AvgIpc) is 2.37. The van der Waals surface area contributed by atoms with Gasteiger partial charge in [0.1, 0.15) is 6.04 Å². The fourth-order valence-electron chi connectivity index (χ4n) is 1.99. The highest BCUT2D eigenvalue weighted by Gasteiger charge is 2.26. The van der Waals surface area contributed by atoms with Crippen molar-refractivity contribution in [1.29, 1.82) is 0 Å². The number of hydrogen-bond acceptors (Lipinski definition) is 3. The molecule has 6 heteroatoms. The fourth-order valence-corrected chi connectivity index (χ4v) is 1.99. The van der Waals surface area contributed by atoms with Crippen molar-refractivity contribution in [2.45, 2.75) is 64.3 Å². The Labute approximate surface area is 120 Å². The Balaban J connectivity index is 4.20. The lowest BCUT2D eigenvalue weighted by atomic mass is 10.1. The van der Waals surface area contributed by atoms with Crippen LogP contribution in [-0.2, 0) is 14.4 Å². The third-order valence-electron chi connectivity index (χ3n) is 3.30. The molecule has 0 aliphatic carbocycles. The van der Waals surface area contributed by atoms with Crippen LogP contribution in [-0.4, -0.2) is 40.9 Å². The molecule has 0 aromatic carbocycles. The standard InChI is InChI=1S/C14H26N2O4/c1-3-4-5-6-7-8-13(18)16(2)11(14(19)20)9-10-12(15)17/h11H,3-10H2,1-2H3,(H2,15,17)(H,19,20)/t11-/m0/s1. The lowest BCUT2D eigenvalue weighted by Crippen LogP contribution is -2.42. The zero-order chi connectivity index (χ0) is 15.5. The van der Waals surface area contributed by atoms with Gasteiger partial charge in [0, 0.05) is 19.9 Å². The maximum atomic E-state index is 11.9. The Bertz CT molecular complexity index is 331. The van der Waals surface area contributed by atoms with E-state index >= 15 is 0 Å². The topological polar surface area (TPSA) is 101 Å². The largest absolute Gasteiger partial charge is 0.480 e. The van der Waals surface area contributed by atoms with E-state index in [1.165, 1.54) is 11.9 Å². The summed E-state index contributed by atoms with van der Waals surface area (Å²) in [5, 5.41) is 9.10. The molecule has 0 heterocycles. The predicted octanol–water partition coefficient (Wildman–Crippen LogP) is 1.52. The molecular formula is C14H26N2O4. The lowest BCUT2D eigenvalue weighted by molar-refractivity contribution is -0.149. The Morgan fingerprint density at radius 1 is 1.10 bits per heavy atom. The van der Waals surface area contributed by atoms with E-state index in [1.807, 2.05) is 0 Å². The first-order valence-electron chi connectivity index (χ1n) is 7.16. The van der Waals surface area contributed by atoms with Gasteiger partial charge in [-0.05, 0) is 12.8 Å². The van der Waals surface area contributed by atoms with Gasteiger partial charge in [-0.1, -0.05) is 32.6 Å². The molecule has 20 heavy (non-hydrogen) atoms. The number of carbonyl (C=O) groups excluding carboxylic acids is 2. The van der Waals surface area contributed by atoms with Crippen LogP contribution in [0.3, 0.4) is 0 Å². The van der Waals surface area contributed by atoms with Gasteiger partial charge in [0.05, 0.1) is 0 Å². The van der Waals surface area contributed by atoms with Gasteiger partial charge in [-0.15, -0.1) is 0 Å². The molecular weight excluding hydrogens is 260 g/mol. The minimum atomic E-state index is -1.10. The van der Waals surface area contributed by atoms with Gasteiger partial charge in [-0.25, -0.2) is 4.79 Å². The van der Waals surface area contributed by atoms with Gasteiger partial charge in [-0.3, -0.25) is 9.59 Å². The second-order valence-electron chi connectivity index (χ2n) is 5.03. The molecule has 0 radical (unpaired) electrons. The molecule has 0 aliphatic rings. The molecule has 0 spiro atoms. The number of nitrogens with zero attached hydrogens (tertiary/aromatic N) is 1. The van der Waals surface area contributed by atoms with E-state index in [2.05, 4.69) is 6.92 Å². The number of aliphatic carboxylic acids is 1. The van der Waals surface area contributed by atoms with Crippen LogP contribution in [0.2, 0.25) is 0 Å². The summed E-state index contributed by atoms with van der Waals surface area (Å²) in [6.07, 6.45) is 5.51. The number of amides is 2. The summed E-state index contributed by atoms with van der Waals surface area (Å²) in [5.74, 6) is -1.86. The van der Waals surface area contributed by atoms with E-state index in [4.69, 9.17) is 10.8 Å². The summed E-state index contributed by atoms with van der Waals surface area (Å²) in [6, 6.07) is -0.981. The number of rotatable bonds is 11. The van der Waals surface area contributed by atoms with Crippen LogP contribution in [0.1, 0.15) is 58.3 Å². The van der Waals surface area contributed by atoms with Crippen LogP contribution in [0.5, 0.6) is 0 Å². The molecule has 0 saturated heterocycles. The molecule has 6 nitrogen and oxygen atoms in total. The maximum Gasteiger partial charge on any atom is 0.326 e. The average molecular weight is 286 g/mol. The number of unbranched alkanes of at least 4 members (excludes halogenated alkanes) is 4. The van der Waals surface area contributed by atoms with Crippen molar-refractivity contribution in [2.24, 2.45) is 5.73 Å². The zero-order valence-corrected chi connectivity index (χ0v) is 12.4. The molecule has 0 fully saturated rings. The first-order valence-corrected chi connectivity index (χ1v) is 7.16. The van der Waals surface area contributed by atoms with Gasteiger partial charge in [0.25, 0.3) is 0 Å². The Kier molecular flexibility index (Phi) is 9.41. The van der Waals surface area contributed by atoms with Gasteiger partial charge < -0.3 is 15.7 Å². The molecule has 0 saturated carbocycles. The minimum absolute atomic E-state index is 0.0366. The molecule has 116 valence electrons. The lowest BCUT2D eigenvalue weighted by Gasteiger charge is -2.24. The quantitative estimate of drug-likeness (QED) is 0.562. The van der Waals surface area contributed by atoms with Crippen LogP contribution < -0.4 is 5.73 Å². The third-order valence-corrected chi connectivity index (χ3v) is 3.30. The second kappa shape index (κ2) is 10.2. The third kappa shape index (κ3) is 7.76. The van der Waals surface area contributed by atoms with E-state index in [0.29, 0.717) is 6.42 Å². The molecule has 0 bridgehead atoms. The SMILES string of the molecule is CCCCCCCC(=O)N(C)[C@@H](CCC(N)=O)C(=O)O. The van der Waals surface area contributed by atoms with Crippen molar-refractivity contribution in [2.75, 3.05) is 7.05 Å².